The zero-order valence-electron chi connectivity index (χ0n) is 9.04. The van der Waals surface area contributed by atoms with E-state index >= 15 is 0 Å². The molecule has 14 heavy (non-hydrogen) atoms. The van der Waals surface area contributed by atoms with Crippen LogP contribution in [-0.2, 0) is 6.42 Å². The molecule has 0 amide bonds. The summed E-state index contributed by atoms with van der Waals surface area (Å²) < 4.78 is 0. The molecule has 0 aromatic carbocycles. The van der Waals surface area contributed by atoms with Gasteiger partial charge in [0.15, 0.2) is 0 Å². The number of anilines is 1. The fourth-order valence-corrected chi connectivity index (χ4v) is 1.30. The van der Waals surface area contributed by atoms with Gasteiger partial charge in [-0.15, -0.1) is 0 Å². The smallest absolute Gasteiger partial charge is 0.129 e. The Balaban J connectivity index is 2.75. The molecule has 1 heterocycles. The van der Waals surface area contributed by atoms with E-state index in [4.69, 9.17) is 5.11 Å². The molecule has 0 spiro atoms. The molecule has 0 saturated heterocycles. The number of aromatic nitrogens is 1. The maximum atomic E-state index is 9.14. The van der Waals surface area contributed by atoms with Gasteiger partial charge in [-0.2, -0.15) is 0 Å². The molecule has 3 nitrogen and oxygen atoms in total. The van der Waals surface area contributed by atoms with E-state index in [1.54, 1.807) is 6.92 Å². The van der Waals surface area contributed by atoms with Crippen LogP contribution in [0.3, 0.4) is 0 Å². The summed E-state index contributed by atoms with van der Waals surface area (Å²) in [6.45, 7) is 6.44. The van der Waals surface area contributed by atoms with E-state index in [9.17, 15) is 0 Å². The SMILES string of the molecule is CCc1cc(C)cnc1NC[C@@H](C)O. The fourth-order valence-electron chi connectivity index (χ4n) is 1.30. The van der Waals surface area contributed by atoms with Crippen LogP contribution >= 0.6 is 0 Å². The molecule has 1 aromatic rings. The Hall–Kier alpha value is -1.09. The normalized spacial score (nSPS) is 12.6. The Morgan fingerprint density at radius 3 is 2.86 bits per heavy atom. The third-order valence-corrected chi connectivity index (χ3v) is 2.05. The van der Waals surface area contributed by atoms with Gasteiger partial charge in [0.05, 0.1) is 6.10 Å². The van der Waals surface area contributed by atoms with Crippen molar-refractivity contribution in [1.82, 2.24) is 4.98 Å². The Labute approximate surface area is 85.2 Å². The number of hydrogen-bond donors (Lipinski definition) is 2. The minimum atomic E-state index is -0.345. The molecule has 1 aromatic heterocycles. The first-order valence-corrected chi connectivity index (χ1v) is 5.01. The van der Waals surface area contributed by atoms with Crippen LogP contribution in [0.4, 0.5) is 5.82 Å². The topological polar surface area (TPSA) is 45.2 Å². The van der Waals surface area contributed by atoms with E-state index < -0.39 is 0 Å². The number of hydrogen-bond acceptors (Lipinski definition) is 3. The van der Waals surface area contributed by atoms with E-state index in [-0.39, 0.29) is 6.10 Å². The van der Waals surface area contributed by atoms with E-state index in [0.29, 0.717) is 6.54 Å². The Morgan fingerprint density at radius 2 is 2.29 bits per heavy atom. The van der Waals surface area contributed by atoms with Gasteiger partial charge in [0.2, 0.25) is 0 Å². The Kier molecular flexibility index (Phi) is 3.89. The molecular weight excluding hydrogens is 176 g/mol. The molecule has 0 fully saturated rings. The van der Waals surface area contributed by atoms with Crippen molar-refractivity contribution in [3.05, 3.63) is 23.4 Å². The van der Waals surface area contributed by atoms with Crippen LogP contribution in [0, 0.1) is 6.92 Å². The van der Waals surface area contributed by atoms with E-state index in [1.807, 2.05) is 13.1 Å². The summed E-state index contributed by atoms with van der Waals surface area (Å²) in [7, 11) is 0. The van der Waals surface area contributed by atoms with Crippen molar-refractivity contribution in [2.45, 2.75) is 33.3 Å². The van der Waals surface area contributed by atoms with Crippen molar-refractivity contribution < 1.29 is 5.11 Å². The van der Waals surface area contributed by atoms with Gasteiger partial charge in [-0.25, -0.2) is 4.98 Å². The minimum Gasteiger partial charge on any atom is -0.392 e. The number of rotatable bonds is 4. The Morgan fingerprint density at radius 1 is 1.57 bits per heavy atom. The summed E-state index contributed by atoms with van der Waals surface area (Å²) >= 11 is 0. The molecule has 3 heteroatoms. The molecule has 78 valence electrons. The largest absolute Gasteiger partial charge is 0.392 e. The van der Waals surface area contributed by atoms with E-state index in [1.165, 1.54) is 11.1 Å². The Bertz CT molecular complexity index is 297. The second kappa shape index (κ2) is 4.96. The standard InChI is InChI=1S/C11H18N2O/c1-4-10-5-8(2)6-12-11(10)13-7-9(3)14/h5-6,9,14H,4,7H2,1-3H3,(H,12,13)/t9-/m1/s1. The molecule has 0 unspecified atom stereocenters. The van der Waals surface area contributed by atoms with Gasteiger partial charge < -0.3 is 10.4 Å². The first-order valence-electron chi connectivity index (χ1n) is 5.01. The highest BCUT2D eigenvalue weighted by Crippen LogP contribution is 2.14. The van der Waals surface area contributed by atoms with Crippen LogP contribution in [-0.4, -0.2) is 22.7 Å². The lowest BCUT2D eigenvalue weighted by Crippen LogP contribution is -2.17. The quantitative estimate of drug-likeness (QED) is 0.767. The third kappa shape index (κ3) is 3.00. The second-order valence-electron chi connectivity index (χ2n) is 3.60. The van der Waals surface area contributed by atoms with Gasteiger partial charge in [0, 0.05) is 12.7 Å². The zero-order chi connectivity index (χ0) is 10.6. The summed E-state index contributed by atoms with van der Waals surface area (Å²) in [5, 5.41) is 12.3. The van der Waals surface area contributed by atoms with Crippen molar-refractivity contribution in [2.75, 3.05) is 11.9 Å². The lowest BCUT2D eigenvalue weighted by Gasteiger charge is -2.11. The first kappa shape index (κ1) is 11.0. The third-order valence-electron chi connectivity index (χ3n) is 2.05. The van der Waals surface area contributed by atoms with Crippen LogP contribution in [0.15, 0.2) is 12.3 Å². The first-order chi connectivity index (χ1) is 6.63. The van der Waals surface area contributed by atoms with Gasteiger partial charge in [-0.05, 0) is 31.4 Å². The fraction of sp³-hybridized carbons (Fsp3) is 0.545. The molecule has 0 aliphatic rings. The molecule has 0 aliphatic carbocycles. The molecule has 1 rings (SSSR count). The van der Waals surface area contributed by atoms with Gasteiger partial charge in [0.1, 0.15) is 5.82 Å². The molecule has 0 bridgehead atoms. The summed E-state index contributed by atoms with van der Waals surface area (Å²) in [5.74, 6) is 0.888. The van der Waals surface area contributed by atoms with Crippen molar-refractivity contribution in [3.63, 3.8) is 0 Å². The highest BCUT2D eigenvalue weighted by Gasteiger charge is 2.03. The van der Waals surface area contributed by atoms with Crippen LogP contribution in [0.25, 0.3) is 0 Å². The average Bonchev–Trinajstić information content (AvgIpc) is 2.15. The minimum absolute atomic E-state index is 0.345. The van der Waals surface area contributed by atoms with Crippen molar-refractivity contribution in [3.8, 4) is 0 Å². The summed E-state index contributed by atoms with van der Waals surface area (Å²) in [5.41, 5.74) is 2.37. The number of pyridine rings is 1. The number of aliphatic hydroxyl groups excluding tert-OH is 1. The molecule has 0 aliphatic heterocycles. The monoisotopic (exact) mass is 194 g/mol. The molecule has 0 saturated carbocycles. The zero-order valence-corrected chi connectivity index (χ0v) is 9.04. The van der Waals surface area contributed by atoms with Crippen LogP contribution < -0.4 is 5.32 Å². The average molecular weight is 194 g/mol. The van der Waals surface area contributed by atoms with Gasteiger partial charge in [0.25, 0.3) is 0 Å². The number of nitrogens with zero attached hydrogens (tertiary/aromatic N) is 1. The van der Waals surface area contributed by atoms with Crippen molar-refractivity contribution in [1.29, 1.82) is 0 Å². The predicted octanol–water partition coefficient (Wildman–Crippen LogP) is 1.75. The van der Waals surface area contributed by atoms with Crippen molar-refractivity contribution >= 4 is 5.82 Å². The number of aryl methyl sites for hydroxylation is 2. The number of nitrogens with one attached hydrogen (secondary N) is 1. The lowest BCUT2D eigenvalue weighted by molar-refractivity contribution is 0.208. The van der Waals surface area contributed by atoms with Crippen LogP contribution in [0.5, 0.6) is 0 Å². The molecule has 0 radical (unpaired) electrons. The summed E-state index contributed by atoms with van der Waals surface area (Å²) in [4.78, 5) is 4.30. The maximum Gasteiger partial charge on any atom is 0.129 e. The molecule has 2 N–H and O–H groups in total. The summed E-state index contributed by atoms with van der Waals surface area (Å²) in [6.07, 6.45) is 2.45. The summed E-state index contributed by atoms with van der Waals surface area (Å²) in [6, 6.07) is 2.12. The molecule has 1 atom stereocenters. The van der Waals surface area contributed by atoms with Gasteiger partial charge in [-0.1, -0.05) is 13.0 Å². The van der Waals surface area contributed by atoms with Crippen LogP contribution in [0.2, 0.25) is 0 Å². The number of aliphatic hydroxyl groups is 1. The van der Waals surface area contributed by atoms with Gasteiger partial charge in [-0.3, -0.25) is 0 Å². The van der Waals surface area contributed by atoms with Gasteiger partial charge >= 0.3 is 0 Å². The highest BCUT2D eigenvalue weighted by atomic mass is 16.3. The van der Waals surface area contributed by atoms with E-state index in [2.05, 4.69) is 23.3 Å². The lowest BCUT2D eigenvalue weighted by atomic mass is 10.1. The predicted molar refractivity (Wildman–Crippen MR) is 58.5 cm³/mol. The van der Waals surface area contributed by atoms with Crippen molar-refractivity contribution in [2.24, 2.45) is 0 Å². The highest BCUT2D eigenvalue weighted by molar-refractivity contribution is 5.45. The van der Waals surface area contributed by atoms with E-state index in [0.717, 1.165) is 12.2 Å². The van der Waals surface area contributed by atoms with Crippen LogP contribution in [0.1, 0.15) is 25.0 Å². The second-order valence-corrected chi connectivity index (χ2v) is 3.60. The maximum absolute atomic E-state index is 9.14. The molecular formula is C11H18N2O.